The summed E-state index contributed by atoms with van der Waals surface area (Å²) in [4.78, 5) is 14.8. The van der Waals surface area contributed by atoms with Crippen molar-refractivity contribution >= 4 is 5.97 Å². The minimum absolute atomic E-state index is 0.127. The standard InChI is InChI=1S/C16H23FN2O3/c1-13(11-19-9-7-18(2)8-10-19)22-16(20)12-21-15-5-3-14(17)4-6-15/h3-6,13H,7-12H2,1-2H3/p+2/t13-/m1/s1. The second kappa shape index (κ2) is 8.10. The summed E-state index contributed by atoms with van der Waals surface area (Å²) < 4.78 is 23.4. The molecule has 0 spiro atoms. The maximum atomic E-state index is 12.8. The smallest absolute Gasteiger partial charge is 0.344 e. The van der Waals surface area contributed by atoms with Gasteiger partial charge in [-0.15, -0.1) is 0 Å². The minimum Gasteiger partial charge on any atom is -0.482 e. The van der Waals surface area contributed by atoms with E-state index in [1.807, 2.05) is 6.92 Å². The summed E-state index contributed by atoms with van der Waals surface area (Å²) in [6.07, 6.45) is -0.127. The molecule has 1 fully saturated rings. The van der Waals surface area contributed by atoms with Gasteiger partial charge < -0.3 is 19.3 Å². The van der Waals surface area contributed by atoms with Crippen LogP contribution in [0.2, 0.25) is 0 Å². The molecule has 0 unspecified atom stereocenters. The Hall–Kier alpha value is -1.66. The van der Waals surface area contributed by atoms with Gasteiger partial charge in [-0.05, 0) is 31.2 Å². The Morgan fingerprint density at radius 3 is 2.50 bits per heavy atom. The number of likely N-dealkylation sites (N-methyl/N-ethyl adjacent to an activating group) is 1. The Kier molecular flexibility index (Phi) is 6.15. The molecule has 0 aromatic heterocycles. The topological polar surface area (TPSA) is 44.4 Å². The number of hydrogen-bond acceptors (Lipinski definition) is 3. The van der Waals surface area contributed by atoms with Gasteiger partial charge in [0.15, 0.2) is 6.61 Å². The summed E-state index contributed by atoms with van der Waals surface area (Å²) in [5.74, 6) is -0.268. The largest absolute Gasteiger partial charge is 0.482 e. The van der Waals surface area contributed by atoms with Crippen LogP contribution >= 0.6 is 0 Å². The number of piperazine rings is 1. The number of halogens is 1. The van der Waals surface area contributed by atoms with Crippen LogP contribution in [-0.2, 0) is 9.53 Å². The Labute approximate surface area is 130 Å². The van der Waals surface area contributed by atoms with Crippen LogP contribution in [0.25, 0.3) is 0 Å². The number of carbonyl (C=O) groups excluding carboxylic acids is 1. The van der Waals surface area contributed by atoms with Crippen molar-refractivity contribution in [3.8, 4) is 5.75 Å². The maximum Gasteiger partial charge on any atom is 0.344 e. The first kappa shape index (κ1) is 16.7. The van der Waals surface area contributed by atoms with Crippen molar-refractivity contribution in [2.75, 3.05) is 46.4 Å². The second-order valence-electron chi connectivity index (χ2n) is 5.95. The van der Waals surface area contributed by atoms with E-state index in [0.717, 1.165) is 32.7 Å². The summed E-state index contributed by atoms with van der Waals surface area (Å²) in [7, 11) is 2.20. The molecule has 0 bridgehead atoms. The minimum atomic E-state index is -0.393. The lowest BCUT2D eigenvalue weighted by molar-refractivity contribution is -1.00. The van der Waals surface area contributed by atoms with Crippen LogP contribution in [-0.4, -0.2) is 58.5 Å². The first-order chi connectivity index (χ1) is 10.5. The van der Waals surface area contributed by atoms with Gasteiger partial charge in [0.1, 0.15) is 50.4 Å². The van der Waals surface area contributed by atoms with E-state index in [1.54, 1.807) is 4.90 Å². The molecule has 1 saturated heterocycles. The van der Waals surface area contributed by atoms with Gasteiger partial charge in [0, 0.05) is 0 Å². The van der Waals surface area contributed by atoms with E-state index in [9.17, 15) is 9.18 Å². The van der Waals surface area contributed by atoms with Crippen molar-refractivity contribution in [2.45, 2.75) is 13.0 Å². The molecule has 1 aliphatic heterocycles. The number of ether oxygens (including phenoxy) is 2. The van der Waals surface area contributed by atoms with Crippen LogP contribution in [0.1, 0.15) is 6.92 Å². The summed E-state index contributed by atoms with van der Waals surface area (Å²) >= 11 is 0. The highest BCUT2D eigenvalue weighted by Crippen LogP contribution is 2.10. The van der Waals surface area contributed by atoms with Crippen molar-refractivity contribution < 1.29 is 28.5 Å². The summed E-state index contributed by atoms with van der Waals surface area (Å²) in [6.45, 7) is 7.12. The zero-order chi connectivity index (χ0) is 15.9. The molecule has 1 aromatic carbocycles. The quantitative estimate of drug-likeness (QED) is 0.632. The van der Waals surface area contributed by atoms with Crippen LogP contribution in [0.3, 0.4) is 0 Å². The van der Waals surface area contributed by atoms with E-state index in [0.29, 0.717) is 5.75 Å². The van der Waals surface area contributed by atoms with Crippen molar-refractivity contribution in [2.24, 2.45) is 0 Å². The van der Waals surface area contributed by atoms with Crippen molar-refractivity contribution in [3.05, 3.63) is 30.1 Å². The van der Waals surface area contributed by atoms with Crippen LogP contribution in [0.15, 0.2) is 24.3 Å². The highest BCUT2D eigenvalue weighted by molar-refractivity contribution is 5.71. The van der Waals surface area contributed by atoms with E-state index in [2.05, 4.69) is 7.05 Å². The second-order valence-corrected chi connectivity index (χ2v) is 5.95. The lowest BCUT2D eigenvalue weighted by Crippen LogP contribution is -3.27. The van der Waals surface area contributed by atoms with Gasteiger partial charge in [-0.3, -0.25) is 0 Å². The molecule has 1 atom stereocenters. The number of quaternary nitrogens is 2. The van der Waals surface area contributed by atoms with Gasteiger partial charge in [0.25, 0.3) is 0 Å². The summed E-state index contributed by atoms with van der Waals surface area (Å²) in [6, 6.07) is 5.57. The van der Waals surface area contributed by atoms with Gasteiger partial charge in [-0.1, -0.05) is 0 Å². The van der Waals surface area contributed by atoms with Gasteiger partial charge in [0.05, 0.1) is 7.05 Å². The molecule has 2 N–H and O–H groups in total. The molecular formula is C16H25FN2O3+2. The fraction of sp³-hybridized carbons (Fsp3) is 0.562. The van der Waals surface area contributed by atoms with Crippen LogP contribution in [0, 0.1) is 5.82 Å². The van der Waals surface area contributed by atoms with Gasteiger partial charge >= 0.3 is 5.97 Å². The van der Waals surface area contributed by atoms with Gasteiger partial charge in [0.2, 0.25) is 0 Å². The van der Waals surface area contributed by atoms with Gasteiger partial charge in [-0.25, -0.2) is 9.18 Å². The zero-order valence-corrected chi connectivity index (χ0v) is 13.2. The molecule has 22 heavy (non-hydrogen) atoms. The predicted molar refractivity (Wildman–Crippen MR) is 79.6 cm³/mol. The lowest BCUT2D eigenvalue weighted by Gasteiger charge is -2.28. The normalized spacial score (nSPS) is 22.9. The molecular weight excluding hydrogens is 287 g/mol. The van der Waals surface area contributed by atoms with E-state index >= 15 is 0 Å². The maximum absolute atomic E-state index is 12.8. The molecule has 0 saturated carbocycles. The molecule has 0 radical (unpaired) electrons. The first-order valence-electron chi connectivity index (χ1n) is 7.75. The number of rotatable bonds is 6. The lowest BCUT2D eigenvalue weighted by atomic mass is 10.3. The molecule has 1 aromatic rings. The number of nitrogens with one attached hydrogen (secondary N) is 2. The van der Waals surface area contributed by atoms with E-state index in [1.165, 1.54) is 29.2 Å². The molecule has 1 aliphatic rings. The average Bonchev–Trinajstić information content (AvgIpc) is 2.49. The predicted octanol–water partition coefficient (Wildman–Crippen LogP) is -1.45. The van der Waals surface area contributed by atoms with Crippen molar-refractivity contribution in [3.63, 3.8) is 0 Å². The average molecular weight is 312 g/mol. The Balaban J connectivity index is 1.66. The number of carbonyl (C=O) groups is 1. The van der Waals surface area contributed by atoms with Crippen LogP contribution in [0.4, 0.5) is 4.39 Å². The third-order valence-corrected chi connectivity index (χ3v) is 3.89. The first-order valence-corrected chi connectivity index (χ1v) is 7.75. The monoisotopic (exact) mass is 312 g/mol. The summed E-state index contributed by atoms with van der Waals surface area (Å²) in [5, 5.41) is 0. The van der Waals surface area contributed by atoms with Crippen LogP contribution in [0.5, 0.6) is 5.75 Å². The Morgan fingerprint density at radius 2 is 1.86 bits per heavy atom. The molecule has 5 nitrogen and oxygen atoms in total. The van der Waals surface area contributed by atoms with Gasteiger partial charge in [-0.2, -0.15) is 0 Å². The Morgan fingerprint density at radius 1 is 1.23 bits per heavy atom. The van der Waals surface area contributed by atoms with Crippen molar-refractivity contribution in [1.82, 2.24) is 0 Å². The molecule has 0 aliphatic carbocycles. The van der Waals surface area contributed by atoms with Crippen molar-refractivity contribution in [1.29, 1.82) is 0 Å². The highest BCUT2D eigenvalue weighted by Gasteiger charge is 2.23. The number of benzene rings is 1. The molecule has 6 heteroatoms. The van der Waals surface area contributed by atoms with E-state index < -0.39 is 5.97 Å². The number of esters is 1. The van der Waals surface area contributed by atoms with E-state index in [-0.39, 0.29) is 18.5 Å². The third kappa shape index (κ3) is 5.61. The summed E-state index contributed by atoms with van der Waals surface area (Å²) in [5.41, 5.74) is 0. The molecule has 2 rings (SSSR count). The van der Waals surface area contributed by atoms with E-state index in [4.69, 9.17) is 9.47 Å². The fourth-order valence-corrected chi connectivity index (χ4v) is 2.61. The highest BCUT2D eigenvalue weighted by atomic mass is 19.1. The van der Waals surface area contributed by atoms with Crippen LogP contribution < -0.4 is 14.5 Å². The zero-order valence-electron chi connectivity index (χ0n) is 13.2. The SMILES string of the molecule is C[C@H](C[NH+]1CC[NH+](C)CC1)OC(=O)COc1ccc(F)cc1. The number of hydrogen-bond donors (Lipinski definition) is 2. The molecule has 0 amide bonds. The third-order valence-electron chi connectivity index (χ3n) is 3.89. The fourth-order valence-electron chi connectivity index (χ4n) is 2.61. The Bertz CT molecular complexity index is 473. The molecule has 122 valence electrons. The molecule has 1 heterocycles.